The summed E-state index contributed by atoms with van der Waals surface area (Å²) in [5.74, 6) is -1.75. The van der Waals surface area contributed by atoms with Crippen molar-refractivity contribution in [3.05, 3.63) is 23.8 Å². The summed E-state index contributed by atoms with van der Waals surface area (Å²) in [5.41, 5.74) is 0.888. The molecular formula is C31H49NO14. The first-order valence-corrected chi connectivity index (χ1v) is 15.4. The monoisotopic (exact) mass is 659 g/mol. The number of ether oxygens (including phenoxy) is 7. The molecule has 1 aliphatic rings. The average Bonchev–Trinajstić information content (AvgIpc) is 3.00. The highest BCUT2D eigenvalue weighted by Crippen LogP contribution is 2.31. The molecule has 15 heteroatoms. The zero-order valence-electron chi connectivity index (χ0n) is 26.9. The summed E-state index contributed by atoms with van der Waals surface area (Å²) in [6, 6.07) is 4.74. The first-order valence-electron chi connectivity index (χ1n) is 15.4. The minimum atomic E-state index is -1.87. The van der Waals surface area contributed by atoms with Crippen LogP contribution in [-0.2, 0) is 49.4 Å². The van der Waals surface area contributed by atoms with E-state index >= 15 is 0 Å². The lowest BCUT2D eigenvalue weighted by atomic mass is 9.99. The molecule has 1 aromatic carbocycles. The lowest BCUT2D eigenvalue weighted by molar-refractivity contribution is -0.271. The highest BCUT2D eigenvalue weighted by Gasteiger charge is 2.48. The van der Waals surface area contributed by atoms with Gasteiger partial charge in [-0.2, -0.15) is 0 Å². The van der Waals surface area contributed by atoms with Crippen molar-refractivity contribution in [3.8, 4) is 5.75 Å². The molecule has 0 aliphatic carbocycles. The van der Waals surface area contributed by atoms with Gasteiger partial charge in [-0.3, -0.25) is 9.59 Å². The van der Waals surface area contributed by atoms with Crippen LogP contribution in [0.4, 0.5) is 5.69 Å². The largest absolute Gasteiger partial charge is 0.479 e. The fourth-order valence-electron chi connectivity index (χ4n) is 4.01. The lowest BCUT2D eigenvalue weighted by Crippen LogP contribution is -2.61. The van der Waals surface area contributed by atoms with Crippen LogP contribution >= 0.6 is 0 Å². The van der Waals surface area contributed by atoms with E-state index in [1.807, 2.05) is 27.7 Å². The topological polar surface area (TPSA) is 209 Å². The molecule has 1 aromatic rings. The molecule has 46 heavy (non-hydrogen) atoms. The zero-order chi connectivity index (χ0) is 34.1. The summed E-state index contributed by atoms with van der Waals surface area (Å²) in [6.07, 6.45) is -8.64. The first-order chi connectivity index (χ1) is 21.9. The quantitative estimate of drug-likeness (QED) is 0.103. The number of carboxylic acids is 1. The molecule has 0 bridgehead atoms. The van der Waals surface area contributed by atoms with Crippen LogP contribution in [0.25, 0.3) is 0 Å². The normalized spacial score (nSPS) is 21.5. The summed E-state index contributed by atoms with van der Waals surface area (Å²) >= 11 is 0. The summed E-state index contributed by atoms with van der Waals surface area (Å²) < 4.78 is 38.2. The van der Waals surface area contributed by atoms with E-state index in [0.29, 0.717) is 51.6 Å². The summed E-state index contributed by atoms with van der Waals surface area (Å²) in [5, 5.41) is 42.4. The Labute approximate surface area is 269 Å². The maximum Gasteiger partial charge on any atom is 0.335 e. The van der Waals surface area contributed by atoms with E-state index in [0.717, 1.165) is 0 Å². The van der Waals surface area contributed by atoms with Crippen molar-refractivity contribution in [1.29, 1.82) is 0 Å². The number of benzene rings is 1. The number of carbonyl (C=O) groups excluding carboxylic acids is 2. The third-order valence-corrected chi connectivity index (χ3v) is 6.68. The Hall–Kier alpha value is -2.73. The van der Waals surface area contributed by atoms with E-state index in [-0.39, 0.29) is 55.5 Å². The van der Waals surface area contributed by atoms with Gasteiger partial charge in [-0.15, -0.1) is 0 Å². The van der Waals surface area contributed by atoms with Gasteiger partial charge in [0.2, 0.25) is 12.2 Å². The highest BCUT2D eigenvalue weighted by atomic mass is 16.7. The fourth-order valence-corrected chi connectivity index (χ4v) is 4.01. The maximum absolute atomic E-state index is 12.7. The van der Waals surface area contributed by atoms with Gasteiger partial charge in [-0.25, -0.2) is 4.79 Å². The van der Waals surface area contributed by atoms with Crippen LogP contribution in [0.15, 0.2) is 18.2 Å². The number of carbonyl (C=O) groups is 3. The van der Waals surface area contributed by atoms with Crippen molar-refractivity contribution in [2.24, 2.45) is 5.92 Å². The Balaban J connectivity index is 1.75. The van der Waals surface area contributed by atoms with E-state index in [4.69, 9.17) is 33.2 Å². The molecule has 5 N–H and O–H groups in total. The van der Waals surface area contributed by atoms with E-state index in [1.165, 1.54) is 6.07 Å². The Morgan fingerprint density at radius 1 is 0.804 bits per heavy atom. The van der Waals surface area contributed by atoms with Crippen LogP contribution in [0.5, 0.6) is 5.75 Å². The minimum absolute atomic E-state index is 0.00735. The van der Waals surface area contributed by atoms with Gasteiger partial charge in [0.05, 0.1) is 77.7 Å². The third kappa shape index (κ3) is 14.4. The van der Waals surface area contributed by atoms with Gasteiger partial charge >= 0.3 is 5.97 Å². The predicted octanol–water partition coefficient (Wildman–Crippen LogP) is 0.893. The van der Waals surface area contributed by atoms with Crippen molar-refractivity contribution in [2.75, 3.05) is 58.2 Å². The molecule has 1 aliphatic heterocycles. The fraction of sp³-hybridized carbons (Fsp3) is 0.710. The molecular weight excluding hydrogens is 610 g/mol. The number of hydrogen-bond acceptors (Lipinski definition) is 13. The second-order valence-corrected chi connectivity index (χ2v) is 11.2. The minimum Gasteiger partial charge on any atom is -0.479 e. The molecule has 262 valence electrons. The van der Waals surface area contributed by atoms with Gasteiger partial charge in [-0.05, 0) is 31.5 Å². The van der Waals surface area contributed by atoms with Crippen molar-refractivity contribution >= 4 is 23.3 Å². The first kappa shape index (κ1) is 39.4. The lowest BCUT2D eigenvalue weighted by Gasteiger charge is -2.38. The molecule has 0 saturated carbocycles. The molecule has 1 heterocycles. The number of Topliss-reactive ketones (excluding diaryl/α,β-unsaturated/α-hetero) is 1. The SMILES string of the molecule is CC(C)OCc1ccc(O[C@@H]2O[C@H](C(=O)O)[C@@H](O)[C@H](O)[C@H]2O)c(NC(=O)CCOCCOCCOCCOCCC(=O)C(C)C)c1. The van der Waals surface area contributed by atoms with Crippen molar-refractivity contribution in [3.63, 3.8) is 0 Å². The molecule has 2 rings (SSSR count). The standard InChI is InChI=1S/C31H49NO14/c1-19(2)23(33)7-9-40-11-13-42-15-16-43-14-12-41-10-8-25(34)32-22-17-21(18-44-20(3)4)5-6-24(22)45-31-28(37)26(35)27(36)29(46-31)30(38)39/h5-6,17,19-20,26-29,31,35-37H,7-16,18H2,1-4H3,(H,32,34)(H,38,39)/t26-,27-,28+,29-,31+/m0/s1. The zero-order valence-corrected chi connectivity index (χ0v) is 26.9. The van der Waals surface area contributed by atoms with Crippen LogP contribution in [0.1, 0.15) is 46.1 Å². The number of aliphatic hydroxyl groups is 3. The van der Waals surface area contributed by atoms with Gasteiger partial charge in [0.25, 0.3) is 0 Å². The van der Waals surface area contributed by atoms with Crippen molar-refractivity contribution in [1.82, 2.24) is 0 Å². The molecule has 0 aromatic heterocycles. The Bertz CT molecular complexity index is 1070. The van der Waals surface area contributed by atoms with Crippen LogP contribution in [0, 0.1) is 5.92 Å². The Morgan fingerprint density at radius 2 is 1.37 bits per heavy atom. The molecule has 5 atom stereocenters. The van der Waals surface area contributed by atoms with E-state index < -0.39 is 42.6 Å². The average molecular weight is 660 g/mol. The van der Waals surface area contributed by atoms with Gasteiger partial charge in [-0.1, -0.05) is 19.9 Å². The van der Waals surface area contributed by atoms with Crippen LogP contribution < -0.4 is 10.1 Å². The molecule has 0 radical (unpaired) electrons. The van der Waals surface area contributed by atoms with E-state index in [2.05, 4.69) is 5.32 Å². The predicted molar refractivity (Wildman–Crippen MR) is 162 cm³/mol. The number of nitrogens with one attached hydrogen (secondary N) is 1. The van der Waals surface area contributed by atoms with Crippen LogP contribution in [-0.4, -0.2) is 128 Å². The smallest absolute Gasteiger partial charge is 0.335 e. The Kier molecular flexibility index (Phi) is 18.2. The summed E-state index contributed by atoms with van der Waals surface area (Å²) in [4.78, 5) is 35.7. The van der Waals surface area contributed by atoms with Gasteiger partial charge in [0, 0.05) is 12.3 Å². The second-order valence-electron chi connectivity index (χ2n) is 11.2. The van der Waals surface area contributed by atoms with Crippen LogP contribution in [0.3, 0.4) is 0 Å². The second kappa shape index (κ2) is 21.2. The maximum atomic E-state index is 12.7. The molecule has 0 spiro atoms. The number of rotatable bonds is 23. The van der Waals surface area contributed by atoms with Crippen molar-refractivity contribution in [2.45, 2.75) is 84.0 Å². The number of ketones is 1. The number of aliphatic hydroxyl groups excluding tert-OH is 3. The number of carboxylic acid groups (broad SMARTS) is 1. The van der Waals surface area contributed by atoms with Gasteiger partial charge in [0.1, 0.15) is 29.8 Å². The van der Waals surface area contributed by atoms with E-state index in [1.54, 1.807) is 12.1 Å². The summed E-state index contributed by atoms with van der Waals surface area (Å²) in [7, 11) is 0. The molecule has 1 amide bonds. The molecule has 1 saturated heterocycles. The highest BCUT2D eigenvalue weighted by molar-refractivity contribution is 5.92. The number of anilines is 1. The molecule has 1 fully saturated rings. The summed E-state index contributed by atoms with van der Waals surface area (Å²) in [6.45, 7) is 10.3. The van der Waals surface area contributed by atoms with Gasteiger partial charge < -0.3 is 58.9 Å². The third-order valence-electron chi connectivity index (χ3n) is 6.68. The molecule has 0 unspecified atom stereocenters. The van der Waals surface area contributed by atoms with Crippen molar-refractivity contribution < 1.29 is 68.0 Å². The Morgan fingerprint density at radius 3 is 1.91 bits per heavy atom. The van der Waals surface area contributed by atoms with Crippen LogP contribution in [0.2, 0.25) is 0 Å². The number of aliphatic carboxylic acids is 1. The van der Waals surface area contributed by atoms with E-state index in [9.17, 15) is 34.8 Å². The van der Waals surface area contributed by atoms with Gasteiger partial charge in [0.15, 0.2) is 6.10 Å². The number of hydrogen-bond donors (Lipinski definition) is 5. The number of amides is 1. The molecule has 15 nitrogen and oxygen atoms in total.